The zero-order chi connectivity index (χ0) is 26.1. The molecule has 36 heavy (non-hydrogen) atoms. The first-order valence-electron chi connectivity index (χ1n) is 10.4. The van der Waals surface area contributed by atoms with E-state index < -0.39 is 32.8 Å². The summed E-state index contributed by atoms with van der Waals surface area (Å²) in [6, 6.07) is 15.9. The first kappa shape index (κ1) is 26.2. The fourth-order valence-electron chi connectivity index (χ4n) is 3.01. The lowest BCUT2D eigenvalue weighted by Crippen LogP contribution is -2.43. The second-order valence-electron chi connectivity index (χ2n) is 7.01. The first-order chi connectivity index (χ1) is 17.3. The van der Waals surface area contributed by atoms with Gasteiger partial charge in [-0.05, 0) is 17.7 Å². The number of methoxy groups -OCH3 is 3. The number of nitrogens with two attached hydrogens (primary N) is 1. The van der Waals surface area contributed by atoms with Crippen molar-refractivity contribution in [3.8, 4) is 5.88 Å². The Kier molecular flexibility index (Phi) is 8.65. The van der Waals surface area contributed by atoms with Gasteiger partial charge in [0.1, 0.15) is 4.90 Å². The van der Waals surface area contributed by atoms with Crippen molar-refractivity contribution >= 4 is 34.1 Å². The molecule has 0 spiro atoms. The third-order valence-electron chi connectivity index (χ3n) is 4.61. The fraction of sp³-hybridized carbons (Fsp3) is 0.174. The molecule has 0 atom stereocenters. The Hall–Kier alpha value is -4.36. The molecule has 0 bridgehead atoms. The Labute approximate surface area is 208 Å². The quantitative estimate of drug-likeness (QED) is 0.196. The van der Waals surface area contributed by atoms with E-state index in [1.807, 2.05) is 6.07 Å². The van der Waals surface area contributed by atoms with Crippen molar-refractivity contribution < 1.29 is 27.4 Å². The van der Waals surface area contributed by atoms with Crippen LogP contribution in [0.5, 0.6) is 5.88 Å². The maximum Gasteiger partial charge on any atom is 0.339 e. The van der Waals surface area contributed by atoms with Gasteiger partial charge in [0.2, 0.25) is 11.8 Å². The van der Waals surface area contributed by atoms with Gasteiger partial charge in [0.15, 0.2) is 0 Å². The van der Waals surface area contributed by atoms with Gasteiger partial charge >= 0.3 is 5.97 Å². The van der Waals surface area contributed by atoms with E-state index in [4.69, 9.17) is 19.9 Å². The highest BCUT2D eigenvalue weighted by Crippen LogP contribution is 2.26. The van der Waals surface area contributed by atoms with Crippen LogP contribution in [-0.4, -0.2) is 57.9 Å². The molecule has 1 aromatic heterocycles. The number of benzene rings is 2. The number of hydrogen-bond acceptors (Lipinski definition) is 10. The Balaban J connectivity index is 2.20. The molecule has 188 valence electrons. The molecule has 0 saturated carbocycles. The maximum absolute atomic E-state index is 13.9. The summed E-state index contributed by atoms with van der Waals surface area (Å²) in [6.45, 7) is 0.0295. The summed E-state index contributed by atoms with van der Waals surface area (Å²) < 4.78 is 43.4. The van der Waals surface area contributed by atoms with Gasteiger partial charge in [0.25, 0.3) is 16.0 Å². The highest BCUT2D eigenvalue weighted by atomic mass is 32.2. The highest BCUT2D eigenvalue weighted by Gasteiger charge is 2.35. The molecule has 0 unspecified atom stereocenters. The number of guanidine groups is 1. The molecule has 0 saturated heterocycles. The zero-order valence-electron chi connectivity index (χ0n) is 19.7. The number of sulfonamides is 1. The van der Waals surface area contributed by atoms with Crippen LogP contribution in [0.25, 0.3) is 0 Å². The number of anilines is 1. The van der Waals surface area contributed by atoms with Gasteiger partial charge in [-0.1, -0.05) is 42.5 Å². The number of esters is 1. The van der Waals surface area contributed by atoms with Crippen LogP contribution in [0.1, 0.15) is 21.6 Å². The Bertz CT molecular complexity index is 1380. The maximum atomic E-state index is 13.9. The van der Waals surface area contributed by atoms with Crippen molar-refractivity contribution in [2.45, 2.75) is 11.5 Å². The molecule has 12 nitrogen and oxygen atoms in total. The van der Waals surface area contributed by atoms with Gasteiger partial charge in [0.05, 0.1) is 38.3 Å². The van der Waals surface area contributed by atoms with E-state index in [0.29, 0.717) is 15.6 Å². The van der Waals surface area contributed by atoms with Crippen molar-refractivity contribution in [1.82, 2.24) is 9.97 Å². The normalized spacial score (nSPS) is 11.9. The molecule has 0 aliphatic rings. The van der Waals surface area contributed by atoms with Crippen molar-refractivity contribution in [1.29, 1.82) is 0 Å². The third-order valence-corrected chi connectivity index (χ3v) is 6.36. The molecule has 0 aliphatic heterocycles. The number of nitrogens with zero attached hydrogens (tertiary/aromatic N) is 5. The monoisotopic (exact) mass is 512 g/mol. The average Bonchev–Trinajstić information content (AvgIpc) is 2.89. The summed E-state index contributed by atoms with van der Waals surface area (Å²) in [5, 5.41) is 7.76. The summed E-state index contributed by atoms with van der Waals surface area (Å²) in [4.78, 5) is 20.3. The third kappa shape index (κ3) is 6.00. The summed E-state index contributed by atoms with van der Waals surface area (Å²) in [5.41, 5.74) is 6.92. The summed E-state index contributed by atoms with van der Waals surface area (Å²) in [5.74, 6) is -1.79. The van der Waals surface area contributed by atoms with Crippen molar-refractivity contribution in [3.05, 3.63) is 77.5 Å². The molecule has 0 fully saturated rings. The number of carbonyl (C=O) groups is 1. The largest absolute Gasteiger partial charge is 0.481 e. The molecule has 0 amide bonds. The van der Waals surface area contributed by atoms with Gasteiger partial charge in [-0.2, -0.15) is 14.4 Å². The molecule has 3 rings (SSSR count). The fourth-order valence-corrected chi connectivity index (χ4v) is 4.47. The van der Waals surface area contributed by atoms with E-state index in [2.05, 4.69) is 20.2 Å². The van der Waals surface area contributed by atoms with Gasteiger partial charge in [-0.15, -0.1) is 5.10 Å². The van der Waals surface area contributed by atoms with Crippen LogP contribution in [-0.2, 0) is 26.1 Å². The second kappa shape index (κ2) is 11.9. The van der Waals surface area contributed by atoms with Gasteiger partial charge in [0, 0.05) is 13.2 Å². The lowest BCUT2D eigenvalue weighted by Gasteiger charge is -2.22. The number of aromatic nitrogens is 2. The molecule has 3 aromatic rings. The number of ether oxygens (including phenoxy) is 3. The van der Waals surface area contributed by atoms with Crippen LogP contribution in [0.2, 0.25) is 0 Å². The Morgan fingerprint density at radius 2 is 1.75 bits per heavy atom. The standard InChI is InChI=1S/C23H24N6O6S/c1-33-15-17-13-20(34-2)27-23(26-17)29(22(24)28-25-14-16-9-5-4-6-10-16)36(31,32)19-12-8-7-11-18(19)21(30)35-3/h4-14H,15H2,1-3H3,(H2,24,28). The van der Waals surface area contributed by atoms with Gasteiger partial charge in [-0.3, -0.25) is 0 Å². The van der Waals surface area contributed by atoms with E-state index in [-0.39, 0.29) is 18.1 Å². The number of rotatable bonds is 9. The number of hydrogen-bond donors (Lipinski definition) is 1. The minimum atomic E-state index is -4.61. The Morgan fingerprint density at radius 1 is 1.06 bits per heavy atom. The van der Waals surface area contributed by atoms with E-state index in [9.17, 15) is 13.2 Å². The van der Waals surface area contributed by atoms with Crippen LogP contribution in [0.15, 0.2) is 75.8 Å². The van der Waals surface area contributed by atoms with Crippen LogP contribution in [0, 0.1) is 0 Å². The smallest absolute Gasteiger partial charge is 0.339 e. The van der Waals surface area contributed by atoms with Gasteiger partial charge < -0.3 is 19.9 Å². The number of carbonyl (C=O) groups excluding carboxylic acids is 1. The predicted octanol–water partition coefficient (Wildman–Crippen LogP) is 1.96. The Morgan fingerprint density at radius 3 is 2.42 bits per heavy atom. The summed E-state index contributed by atoms with van der Waals surface area (Å²) in [7, 11) is -0.666. The zero-order valence-corrected chi connectivity index (χ0v) is 20.5. The molecule has 0 radical (unpaired) electrons. The van der Waals surface area contributed by atoms with Crippen molar-refractivity contribution in [3.63, 3.8) is 0 Å². The molecular formula is C23H24N6O6S. The van der Waals surface area contributed by atoms with E-state index in [1.165, 1.54) is 50.8 Å². The van der Waals surface area contributed by atoms with Gasteiger partial charge in [-0.25, -0.2) is 18.2 Å². The predicted molar refractivity (Wildman–Crippen MR) is 132 cm³/mol. The minimum absolute atomic E-state index is 0.0295. The lowest BCUT2D eigenvalue weighted by molar-refractivity contribution is 0.0596. The molecular weight excluding hydrogens is 488 g/mol. The van der Waals surface area contributed by atoms with Crippen LogP contribution < -0.4 is 14.8 Å². The van der Waals surface area contributed by atoms with Crippen LogP contribution in [0.3, 0.4) is 0 Å². The second-order valence-corrected chi connectivity index (χ2v) is 8.76. The van der Waals surface area contributed by atoms with Crippen LogP contribution in [0.4, 0.5) is 5.95 Å². The molecule has 13 heteroatoms. The molecule has 2 aromatic carbocycles. The average molecular weight is 513 g/mol. The topological polar surface area (TPSA) is 159 Å². The van der Waals surface area contributed by atoms with E-state index in [0.717, 1.165) is 7.11 Å². The minimum Gasteiger partial charge on any atom is -0.481 e. The summed E-state index contributed by atoms with van der Waals surface area (Å²) in [6.07, 6.45) is 1.39. The van der Waals surface area contributed by atoms with Crippen molar-refractivity contribution in [2.24, 2.45) is 15.9 Å². The van der Waals surface area contributed by atoms with Crippen molar-refractivity contribution in [2.75, 3.05) is 25.6 Å². The highest BCUT2D eigenvalue weighted by molar-refractivity contribution is 7.93. The molecule has 1 heterocycles. The van der Waals surface area contributed by atoms with E-state index in [1.54, 1.807) is 24.3 Å². The lowest BCUT2D eigenvalue weighted by atomic mass is 10.2. The summed E-state index contributed by atoms with van der Waals surface area (Å²) >= 11 is 0. The SMILES string of the molecule is COCc1cc(OC)nc(N(C(N)=NN=Cc2ccccc2)S(=O)(=O)c2ccccc2C(=O)OC)n1. The molecule has 2 N–H and O–H groups in total. The van der Waals surface area contributed by atoms with Crippen LogP contribution >= 0.6 is 0 Å². The molecule has 0 aliphatic carbocycles. The van der Waals surface area contributed by atoms with E-state index >= 15 is 0 Å². The first-order valence-corrected chi connectivity index (χ1v) is 11.8.